The van der Waals surface area contributed by atoms with Crippen LogP contribution in [0.2, 0.25) is 0 Å². The second kappa shape index (κ2) is 7.62. The van der Waals surface area contributed by atoms with Crippen molar-refractivity contribution in [2.24, 2.45) is 7.05 Å². The van der Waals surface area contributed by atoms with Crippen LogP contribution in [-0.4, -0.2) is 53.2 Å². The molecular weight excluding hydrogens is 483 g/mol. The van der Waals surface area contributed by atoms with E-state index in [-0.39, 0.29) is 33.5 Å². The molecule has 1 N–H and O–H groups in total. The third-order valence-corrected chi connectivity index (χ3v) is 8.26. The molecule has 10 nitrogen and oxygen atoms in total. The van der Waals surface area contributed by atoms with E-state index < -0.39 is 30.0 Å². The molecule has 0 bridgehead atoms. The van der Waals surface area contributed by atoms with Crippen LogP contribution in [0.5, 0.6) is 0 Å². The molecular formula is C18H16F3N7O3S2. The summed E-state index contributed by atoms with van der Waals surface area (Å²) in [6.07, 6.45) is 2.64. The van der Waals surface area contributed by atoms with Crippen LogP contribution >= 0.6 is 0 Å². The van der Waals surface area contributed by atoms with Crippen molar-refractivity contribution in [3.05, 3.63) is 43.0 Å². The average molecular weight is 500 g/mol. The van der Waals surface area contributed by atoms with Crippen molar-refractivity contribution in [1.82, 2.24) is 29.3 Å². The number of alkyl halides is 3. The van der Waals surface area contributed by atoms with Crippen LogP contribution in [0.1, 0.15) is 6.92 Å². The minimum absolute atomic E-state index is 0.00188. The Labute approximate surface area is 186 Å². The summed E-state index contributed by atoms with van der Waals surface area (Å²) in [7, 11) is -7.30. The van der Waals surface area contributed by atoms with Gasteiger partial charge in [-0.3, -0.25) is 0 Å². The van der Waals surface area contributed by atoms with Gasteiger partial charge in [0.15, 0.2) is 31.2 Å². The number of benzene rings is 1. The van der Waals surface area contributed by atoms with E-state index in [4.69, 9.17) is 4.78 Å². The van der Waals surface area contributed by atoms with Gasteiger partial charge in [0, 0.05) is 7.05 Å². The Morgan fingerprint density at radius 1 is 1.09 bits per heavy atom. The van der Waals surface area contributed by atoms with Crippen molar-refractivity contribution in [3.8, 4) is 17.3 Å². The lowest BCUT2D eigenvalue weighted by Gasteiger charge is -2.11. The summed E-state index contributed by atoms with van der Waals surface area (Å²) in [5, 5.41) is 3.97. The molecule has 1 unspecified atom stereocenters. The van der Waals surface area contributed by atoms with Crippen molar-refractivity contribution in [2.75, 3.05) is 5.75 Å². The van der Waals surface area contributed by atoms with E-state index in [1.807, 2.05) is 0 Å². The Balaban J connectivity index is 1.98. The first-order chi connectivity index (χ1) is 15.4. The number of imidazole rings is 1. The summed E-state index contributed by atoms with van der Waals surface area (Å²) in [6, 6.07) is 5.90. The van der Waals surface area contributed by atoms with Crippen molar-refractivity contribution in [3.63, 3.8) is 0 Å². The standard InChI is InChI=1S/C18H16F3N7O3S2/c1-3-32(29,30)14-6-7-15(28-10-23-9-24-28)26-16(14)17-25-12-8-11(4-5-13(12)27(17)2)33(22,31)18(19,20)21/h4-10,22H,3H2,1-2H3. The number of nitrogens with zero attached hydrogens (tertiary/aromatic N) is 6. The van der Waals surface area contributed by atoms with Crippen LogP contribution in [0, 0.1) is 4.78 Å². The maximum Gasteiger partial charge on any atom is 0.483 e. The third kappa shape index (κ3) is 3.76. The molecule has 0 radical (unpaired) electrons. The molecule has 1 aromatic carbocycles. The molecule has 4 rings (SSSR count). The van der Waals surface area contributed by atoms with Gasteiger partial charge in [-0.05, 0) is 30.3 Å². The number of rotatable bonds is 5. The zero-order valence-corrected chi connectivity index (χ0v) is 18.7. The van der Waals surface area contributed by atoms with Crippen molar-refractivity contribution in [1.29, 1.82) is 4.78 Å². The normalized spacial score (nSPS) is 14.5. The second-order valence-electron chi connectivity index (χ2n) is 6.91. The Morgan fingerprint density at radius 3 is 2.42 bits per heavy atom. The molecule has 1 atom stereocenters. The lowest BCUT2D eigenvalue weighted by Crippen LogP contribution is -2.21. The third-order valence-electron chi connectivity index (χ3n) is 4.93. The van der Waals surface area contributed by atoms with Gasteiger partial charge < -0.3 is 4.57 Å². The first-order valence-corrected chi connectivity index (χ1v) is 12.5. The molecule has 0 saturated carbocycles. The Kier molecular flexibility index (Phi) is 5.28. The van der Waals surface area contributed by atoms with Crippen molar-refractivity contribution in [2.45, 2.75) is 22.2 Å². The number of fused-ring (bicyclic) bond motifs is 1. The summed E-state index contributed by atoms with van der Waals surface area (Å²) in [6.45, 7) is 1.47. The second-order valence-corrected chi connectivity index (χ2v) is 11.2. The van der Waals surface area contributed by atoms with E-state index in [1.54, 1.807) is 0 Å². The van der Waals surface area contributed by atoms with Crippen LogP contribution in [-0.2, 0) is 26.6 Å². The predicted molar refractivity (Wildman–Crippen MR) is 112 cm³/mol. The first-order valence-electron chi connectivity index (χ1n) is 9.27. The SMILES string of the molecule is CCS(=O)(=O)c1ccc(-n2cncn2)nc1-c1nc2cc(S(=N)(=O)C(F)(F)F)ccc2n1C. The minimum Gasteiger partial charge on any atom is -0.326 e. The molecule has 33 heavy (non-hydrogen) atoms. The number of aromatic nitrogens is 6. The van der Waals surface area contributed by atoms with Crippen LogP contribution in [0.4, 0.5) is 13.2 Å². The van der Waals surface area contributed by atoms with Crippen molar-refractivity contribution >= 4 is 30.6 Å². The number of hydrogen-bond donors (Lipinski definition) is 1. The Morgan fingerprint density at radius 2 is 1.82 bits per heavy atom. The highest BCUT2D eigenvalue weighted by molar-refractivity contribution is 7.93. The molecule has 0 aliphatic heterocycles. The van der Waals surface area contributed by atoms with Gasteiger partial charge in [0.25, 0.3) is 0 Å². The highest BCUT2D eigenvalue weighted by atomic mass is 32.2. The number of halogens is 3. The monoisotopic (exact) mass is 499 g/mol. The van der Waals surface area contributed by atoms with Crippen molar-refractivity contribution < 1.29 is 25.8 Å². The largest absolute Gasteiger partial charge is 0.483 e. The maximum absolute atomic E-state index is 13.1. The Hall–Kier alpha value is -3.33. The molecule has 15 heteroatoms. The van der Waals surface area contributed by atoms with Gasteiger partial charge in [-0.1, -0.05) is 6.92 Å². The summed E-state index contributed by atoms with van der Waals surface area (Å²) < 4.78 is 86.8. The molecule has 0 fully saturated rings. The van der Waals surface area contributed by atoms with Gasteiger partial charge in [0.2, 0.25) is 0 Å². The molecule has 174 valence electrons. The molecule has 3 aromatic heterocycles. The minimum atomic E-state index is -5.26. The van der Waals surface area contributed by atoms with Gasteiger partial charge in [-0.15, -0.1) is 0 Å². The van der Waals surface area contributed by atoms with E-state index in [2.05, 4.69) is 20.1 Å². The number of sulfone groups is 1. The number of pyridine rings is 1. The van der Waals surface area contributed by atoms with E-state index in [0.29, 0.717) is 5.52 Å². The van der Waals surface area contributed by atoms with E-state index in [1.165, 1.54) is 54.1 Å². The summed E-state index contributed by atoms with van der Waals surface area (Å²) >= 11 is 0. The van der Waals surface area contributed by atoms with Crippen LogP contribution in [0.25, 0.3) is 28.4 Å². The summed E-state index contributed by atoms with van der Waals surface area (Å²) in [4.78, 5) is 11.6. The van der Waals surface area contributed by atoms with E-state index in [9.17, 15) is 25.8 Å². The molecule has 0 aliphatic carbocycles. The Bertz CT molecular complexity index is 1580. The summed E-state index contributed by atoms with van der Waals surface area (Å²) in [5.74, 6) is 0.0847. The fourth-order valence-electron chi connectivity index (χ4n) is 3.16. The maximum atomic E-state index is 13.1. The molecule has 0 amide bonds. The zero-order valence-electron chi connectivity index (χ0n) is 17.1. The fraction of sp³-hybridized carbons (Fsp3) is 0.222. The molecule has 0 spiro atoms. The van der Waals surface area contributed by atoms with Gasteiger partial charge in [0.1, 0.15) is 18.3 Å². The van der Waals surface area contributed by atoms with Crippen LogP contribution < -0.4 is 0 Å². The molecule has 0 saturated heterocycles. The first kappa shape index (κ1) is 22.8. The smallest absolute Gasteiger partial charge is 0.326 e. The van der Waals surface area contributed by atoms with Gasteiger partial charge in [-0.25, -0.2) is 37.0 Å². The van der Waals surface area contributed by atoms with Gasteiger partial charge in [-0.2, -0.15) is 18.3 Å². The lowest BCUT2D eigenvalue weighted by atomic mass is 10.3. The lowest BCUT2D eigenvalue weighted by molar-refractivity contribution is -0.0406. The summed E-state index contributed by atoms with van der Waals surface area (Å²) in [5.41, 5.74) is -4.96. The van der Waals surface area contributed by atoms with Gasteiger partial charge >= 0.3 is 5.51 Å². The highest BCUT2D eigenvalue weighted by Gasteiger charge is 2.43. The van der Waals surface area contributed by atoms with Gasteiger partial charge in [0.05, 0.1) is 26.6 Å². The molecule has 3 heterocycles. The van der Waals surface area contributed by atoms with E-state index in [0.717, 1.165) is 12.1 Å². The predicted octanol–water partition coefficient (Wildman–Crippen LogP) is 2.94. The molecule has 0 aliphatic rings. The topological polar surface area (TPSA) is 136 Å². The van der Waals surface area contributed by atoms with E-state index >= 15 is 0 Å². The number of nitrogens with one attached hydrogen (secondary N) is 1. The average Bonchev–Trinajstić information content (AvgIpc) is 3.41. The fourth-order valence-corrected chi connectivity index (χ4v) is 4.98. The number of aryl methyl sites for hydroxylation is 1. The van der Waals surface area contributed by atoms with Crippen LogP contribution in [0.3, 0.4) is 0 Å². The quantitative estimate of drug-likeness (QED) is 0.446. The zero-order chi connectivity index (χ0) is 24.2. The highest BCUT2D eigenvalue weighted by Crippen LogP contribution is 2.34. The van der Waals surface area contributed by atoms with Crippen LogP contribution in [0.15, 0.2) is 52.8 Å². The molecule has 4 aromatic rings. The number of hydrogen-bond acceptors (Lipinski definition) is 8.